The van der Waals surface area contributed by atoms with Gasteiger partial charge in [0.25, 0.3) is 0 Å². The molecule has 0 saturated heterocycles. The van der Waals surface area contributed by atoms with Gasteiger partial charge in [-0.2, -0.15) is 13.2 Å². The van der Waals surface area contributed by atoms with E-state index in [9.17, 15) is 18.3 Å². The third-order valence-electron chi connectivity index (χ3n) is 3.03. The van der Waals surface area contributed by atoms with Gasteiger partial charge in [-0.3, -0.25) is 0 Å². The number of aryl methyl sites for hydroxylation is 1. The third-order valence-corrected chi connectivity index (χ3v) is 3.03. The highest BCUT2D eigenvalue weighted by Crippen LogP contribution is 2.33. The zero-order valence-corrected chi connectivity index (χ0v) is 9.83. The van der Waals surface area contributed by atoms with Crippen molar-refractivity contribution in [3.05, 3.63) is 29.3 Å². The Balaban J connectivity index is 1.84. The molecule has 0 aromatic heterocycles. The van der Waals surface area contributed by atoms with E-state index in [4.69, 9.17) is 4.74 Å². The average Bonchev–Trinajstić information content (AvgIpc) is 2.65. The molecular weight excluding hydrogens is 245 g/mol. The van der Waals surface area contributed by atoms with Crippen molar-refractivity contribution < 1.29 is 23.0 Å². The molecule has 1 N–H and O–H groups in total. The van der Waals surface area contributed by atoms with Crippen molar-refractivity contribution in [2.45, 2.75) is 38.0 Å². The molecule has 5 heteroatoms. The maximum atomic E-state index is 11.9. The number of hydrogen-bond acceptors (Lipinski definition) is 2. The molecule has 0 saturated carbocycles. The predicted molar refractivity (Wildman–Crippen MR) is 60.5 cm³/mol. The molecule has 1 atom stereocenters. The molecule has 2 nitrogen and oxygen atoms in total. The van der Waals surface area contributed by atoms with E-state index in [1.165, 1.54) is 0 Å². The van der Waals surface area contributed by atoms with Crippen LogP contribution in [0.1, 0.15) is 36.5 Å². The number of hydrogen-bond donors (Lipinski definition) is 1. The van der Waals surface area contributed by atoms with E-state index >= 15 is 0 Å². The van der Waals surface area contributed by atoms with Gasteiger partial charge >= 0.3 is 6.18 Å². The van der Waals surface area contributed by atoms with Gasteiger partial charge in [0, 0.05) is 6.42 Å². The number of rotatable bonds is 4. The minimum atomic E-state index is -4.12. The topological polar surface area (TPSA) is 29.5 Å². The second kappa shape index (κ2) is 5.18. The molecule has 1 aliphatic rings. The number of aliphatic hydroxyl groups is 1. The fraction of sp³-hybridized carbons (Fsp3) is 0.538. The van der Waals surface area contributed by atoms with Crippen LogP contribution in [0, 0.1) is 0 Å². The fourth-order valence-corrected chi connectivity index (χ4v) is 2.12. The molecule has 1 aliphatic carbocycles. The van der Waals surface area contributed by atoms with Crippen LogP contribution in [0.3, 0.4) is 0 Å². The summed E-state index contributed by atoms with van der Waals surface area (Å²) in [6.45, 7) is 0.0564. The Labute approximate surface area is 103 Å². The highest BCUT2D eigenvalue weighted by molar-refractivity contribution is 5.39. The van der Waals surface area contributed by atoms with E-state index in [1.54, 1.807) is 18.2 Å². The van der Waals surface area contributed by atoms with Crippen molar-refractivity contribution in [3.8, 4) is 5.75 Å². The summed E-state index contributed by atoms with van der Waals surface area (Å²) < 4.78 is 41.0. The van der Waals surface area contributed by atoms with Crippen LogP contribution in [-0.2, 0) is 6.42 Å². The Morgan fingerprint density at radius 3 is 2.83 bits per heavy atom. The second-order valence-electron chi connectivity index (χ2n) is 4.48. The molecule has 1 aromatic rings. The van der Waals surface area contributed by atoms with Crippen LogP contribution >= 0.6 is 0 Å². The second-order valence-corrected chi connectivity index (χ2v) is 4.48. The molecule has 2 rings (SSSR count). The lowest BCUT2D eigenvalue weighted by atomic mass is 10.1. The van der Waals surface area contributed by atoms with E-state index in [1.807, 2.05) is 0 Å². The highest BCUT2D eigenvalue weighted by atomic mass is 19.4. The van der Waals surface area contributed by atoms with Gasteiger partial charge in [-0.15, -0.1) is 0 Å². The first-order valence-electron chi connectivity index (χ1n) is 5.96. The van der Waals surface area contributed by atoms with Gasteiger partial charge in [0.05, 0.1) is 12.7 Å². The van der Waals surface area contributed by atoms with Crippen molar-refractivity contribution in [3.63, 3.8) is 0 Å². The van der Waals surface area contributed by atoms with Gasteiger partial charge in [-0.25, -0.2) is 0 Å². The number of aliphatic hydroxyl groups excluding tert-OH is 1. The lowest BCUT2D eigenvalue weighted by molar-refractivity contribution is -0.136. The van der Waals surface area contributed by atoms with E-state index in [2.05, 4.69) is 0 Å². The van der Waals surface area contributed by atoms with Crippen LogP contribution in [0.5, 0.6) is 5.75 Å². The summed E-state index contributed by atoms with van der Waals surface area (Å²) in [4.78, 5) is 0. The Morgan fingerprint density at radius 1 is 1.33 bits per heavy atom. The molecule has 0 unspecified atom stereocenters. The molecule has 0 bridgehead atoms. The van der Waals surface area contributed by atoms with Gasteiger partial charge in [0.15, 0.2) is 0 Å². The van der Waals surface area contributed by atoms with Gasteiger partial charge in [-0.1, -0.05) is 6.07 Å². The number of fused-ring (bicyclic) bond motifs is 1. The first kappa shape index (κ1) is 13.2. The Morgan fingerprint density at radius 2 is 2.11 bits per heavy atom. The van der Waals surface area contributed by atoms with E-state index < -0.39 is 18.7 Å². The van der Waals surface area contributed by atoms with E-state index in [-0.39, 0.29) is 13.0 Å². The summed E-state index contributed by atoms with van der Waals surface area (Å²) in [5.41, 5.74) is 1.92. The highest BCUT2D eigenvalue weighted by Gasteiger charge is 2.26. The molecule has 0 spiro atoms. The van der Waals surface area contributed by atoms with Crippen molar-refractivity contribution in [2.75, 3.05) is 6.61 Å². The van der Waals surface area contributed by atoms with Crippen LogP contribution < -0.4 is 4.74 Å². The lowest BCUT2D eigenvalue weighted by Crippen LogP contribution is -2.09. The molecule has 18 heavy (non-hydrogen) atoms. The minimum absolute atomic E-state index is 0.0385. The summed E-state index contributed by atoms with van der Waals surface area (Å²) in [7, 11) is 0. The summed E-state index contributed by atoms with van der Waals surface area (Å²) in [6.07, 6.45) is -3.91. The lowest BCUT2D eigenvalue weighted by Gasteiger charge is -2.10. The number of benzene rings is 1. The molecule has 0 fully saturated rings. The molecule has 0 heterocycles. The van der Waals surface area contributed by atoms with Crippen molar-refractivity contribution >= 4 is 0 Å². The third kappa shape index (κ3) is 3.38. The van der Waals surface area contributed by atoms with Gasteiger partial charge in [0.1, 0.15) is 5.75 Å². The fourth-order valence-electron chi connectivity index (χ4n) is 2.12. The first-order valence-corrected chi connectivity index (χ1v) is 5.96. The quantitative estimate of drug-likeness (QED) is 0.841. The summed E-state index contributed by atoms with van der Waals surface area (Å²) in [5, 5.41) is 9.61. The average molecular weight is 260 g/mol. The smallest absolute Gasteiger partial charge is 0.389 e. The van der Waals surface area contributed by atoms with Gasteiger partial charge in [0.2, 0.25) is 0 Å². The van der Waals surface area contributed by atoms with Crippen LogP contribution in [0.4, 0.5) is 13.2 Å². The Kier molecular flexibility index (Phi) is 3.80. The molecule has 0 amide bonds. The van der Waals surface area contributed by atoms with Gasteiger partial charge in [-0.05, 0) is 42.5 Å². The van der Waals surface area contributed by atoms with Crippen LogP contribution in [0.2, 0.25) is 0 Å². The van der Waals surface area contributed by atoms with Crippen LogP contribution in [0.25, 0.3) is 0 Å². The standard InChI is InChI=1S/C13H15F3O2/c14-13(15,16)6-1-7-18-10-3-4-11-9(8-10)2-5-12(11)17/h3-4,8,12,17H,1-2,5-7H2/t12-/m1/s1. The molecule has 0 aliphatic heterocycles. The minimum Gasteiger partial charge on any atom is -0.494 e. The van der Waals surface area contributed by atoms with E-state index in [0.29, 0.717) is 12.2 Å². The van der Waals surface area contributed by atoms with Crippen LogP contribution in [-0.4, -0.2) is 17.9 Å². The van der Waals surface area contributed by atoms with E-state index in [0.717, 1.165) is 17.5 Å². The number of halogens is 3. The van der Waals surface area contributed by atoms with Crippen LogP contribution in [0.15, 0.2) is 18.2 Å². The monoisotopic (exact) mass is 260 g/mol. The zero-order chi connectivity index (χ0) is 13.2. The summed E-state index contributed by atoms with van der Waals surface area (Å²) in [6, 6.07) is 5.28. The molecule has 100 valence electrons. The number of ether oxygens (including phenoxy) is 1. The van der Waals surface area contributed by atoms with Crippen molar-refractivity contribution in [2.24, 2.45) is 0 Å². The van der Waals surface area contributed by atoms with Gasteiger partial charge < -0.3 is 9.84 Å². The molecule has 1 aromatic carbocycles. The zero-order valence-electron chi connectivity index (χ0n) is 9.83. The molecule has 0 radical (unpaired) electrons. The maximum absolute atomic E-state index is 11.9. The summed E-state index contributed by atoms with van der Waals surface area (Å²) >= 11 is 0. The Bertz CT molecular complexity index is 415. The predicted octanol–water partition coefficient (Wildman–Crippen LogP) is 3.39. The first-order chi connectivity index (χ1) is 8.46. The summed E-state index contributed by atoms with van der Waals surface area (Å²) in [5.74, 6) is 0.574. The number of alkyl halides is 3. The van der Waals surface area contributed by atoms with Crippen molar-refractivity contribution in [1.29, 1.82) is 0 Å². The molecular formula is C13H15F3O2. The maximum Gasteiger partial charge on any atom is 0.389 e. The largest absolute Gasteiger partial charge is 0.494 e. The Hall–Kier alpha value is -1.23. The SMILES string of the molecule is O[C@@H]1CCc2cc(OCCCC(F)(F)F)ccc21. The van der Waals surface area contributed by atoms with Crippen molar-refractivity contribution in [1.82, 2.24) is 0 Å². The normalized spacial score (nSPS) is 18.8.